The average molecular weight is 204 g/mol. The molecule has 0 spiro atoms. The molecule has 0 aliphatic carbocycles. The molecule has 0 aromatic heterocycles. The summed E-state index contributed by atoms with van der Waals surface area (Å²) in [7, 11) is 0. The van der Waals surface area contributed by atoms with Crippen molar-refractivity contribution in [2.24, 2.45) is 0 Å². The van der Waals surface area contributed by atoms with E-state index in [0.717, 1.165) is 11.1 Å². The highest BCUT2D eigenvalue weighted by molar-refractivity contribution is 7.78. The molecule has 0 aliphatic rings. The topological polar surface area (TPSA) is 40.1 Å². The molecule has 0 fully saturated rings. The number of hydrogen-bond acceptors (Lipinski definition) is 2. The van der Waals surface area contributed by atoms with E-state index >= 15 is 0 Å². The minimum absolute atomic E-state index is 0.0341. The predicted molar refractivity (Wildman–Crippen MR) is 48.8 cm³/mol. The summed E-state index contributed by atoms with van der Waals surface area (Å²) in [6, 6.07) is 5.25. The van der Waals surface area contributed by atoms with Gasteiger partial charge in [0, 0.05) is 10.8 Å². The van der Waals surface area contributed by atoms with Crippen LogP contribution in [0.15, 0.2) is 18.2 Å². The van der Waals surface area contributed by atoms with Gasteiger partial charge in [-0.25, -0.2) is 0 Å². The molecule has 0 saturated carbocycles. The van der Waals surface area contributed by atoms with Crippen molar-refractivity contribution in [3.63, 3.8) is 0 Å². The van der Waals surface area contributed by atoms with Crippen molar-refractivity contribution in [1.82, 2.24) is 0 Å². The minimum Gasteiger partial charge on any atom is -0.772 e. The molecule has 0 amide bonds. The van der Waals surface area contributed by atoms with Gasteiger partial charge >= 0.3 is 0 Å². The largest absolute Gasteiger partial charge is 0.772 e. The Morgan fingerprint density at radius 1 is 1.58 bits per heavy atom. The molecule has 0 aliphatic heterocycles. The summed E-state index contributed by atoms with van der Waals surface area (Å²) in [5.74, 6) is 0.0341. The first kappa shape index (κ1) is 9.71. The fourth-order valence-corrected chi connectivity index (χ4v) is 1.70. The van der Waals surface area contributed by atoms with E-state index in [1.54, 1.807) is 18.2 Å². The highest BCUT2D eigenvalue weighted by Crippen LogP contribution is 2.19. The standard InChI is InChI=1S/C8H9ClO2S/c1-6-7(5-12(10)11)3-2-4-8(6)9/h2-4H,5H2,1H3,(H,10,11)/p-1. The van der Waals surface area contributed by atoms with E-state index in [-0.39, 0.29) is 5.75 Å². The number of halogens is 1. The molecule has 1 atom stereocenters. The first-order chi connectivity index (χ1) is 5.61. The number of hydrogen-bond donors (Lipinski definition) is 0. The van der Waals surface area contributed by atoms with Crippen LogP contribution >= 0.6 is 11.6 Å². The first-order valence-corrected chi connectivity index (χ1v) is 5.03. The van der Waals surface area contributed by atoms with E-state index < -0.39 is 11.1 Å². The lowest BCUT2D eigenvalue weighted by molar-refractivity contribution is 0.536. The molecule has 2 nitrogen and oxygen atoms in total. The normalized spacial score (nSPS) is 12.9. The number of benzene rings is 1. The van der Waals surface area contributed by atoms with Gasteiger partial charge in [-0.2, -0.15) is 0 Å². The van der Waals surface area contributed by atoms with Crippen LogP contribution in [-0.4, -0.2) is 8.76 Å². The maximum atomic E-state index is 10.4. The Kier molecular flexibility index (Phi) is 3.26. The molecule has 4 heteroatoms. The molecule has 0 N–H and O–H groups in total. The molecule has 66 valence electrons. The Hall–Kier alpha value is -0.380. The van der Waals surface area contributed by atoms with Gasteiger partial charge in [0.1, 0.15) is 0 Å². The third kappa shape index (κ3) is 2.30. The first-order valence-electron chi connectivity index (χ1n) is 3.41. The maximum Gasteiger partial charge on any atom is 0.0438 e. The zero-order valence-electron chi connectivity index (χ0n) is 6.54. The molecular formula is C8H8ClO2S-. The molecule has 0 heterocycles. The lowest BCUT2D eigenvalue weighted by Gasteiger charge is -2.08. The average Bonchev–Trinajstić information content (AvgIpc) is 1.98. The van der Waals surface area contributed by atoms with Crippen LogP contribution in [-0.2, 0) is 16.8 Å². The molecule has 1 rings (SSSR count). The lowest BCUT2D eigenvalue weighted by atomic mass is 10.1. The van der Waals surface area contributed by atoms with Crippen LogP contribution < -0.4 is 0 Å². The molecule has 0 saturated heterocycles. The van der Waals surface area contributed by atoms with Gasteiger partial charge in [-0.05, 0) is 24.1 Å². The highest BCUT2D eigenvalue weighted by atomic mass is 35.5. The van der Waals surface area contributed by atoms with Crippen LogP contribution in [0, 0.1) is 6.92 Å². The predicted octanol–water partition coefficient (Wildman–Crippen LogP) is 2.03. The van der Waals surface area contributed by atoms with E-state index in [1.807, 2.05) is 6.92 Å². The fraction of sp³-hybridized carbons (Fsp3) is 0.250. The van der Waals surface area contributed by atoms with Gasteiger partial charge in [0.05, 0.1) is 0 Å². The molecule has 1 aromatic carbocycles. The van der Waals surface area contributed by atoms with E-state index in [9.17, 15) is 8.76 Å². The molecule has 12 heavy (non-hydrogen) atoms. The summed E-state index contributed by atoms with van der Waals surface area (Å²) in [5, 5.41) is 0.609. The van der Waals surface area contributed by atoms with Gasteiger partial charge in [-0.15, -0.1) is 0 Å². The van der Waals surface area contributed by atoms with Crippen LogP contribution in [0.2, 0.25) is 5.02 Å². The summed E-state index contributed by atoms with van der Waals surface area (Å²) in [6.07, 6.45) is 0. The number of rotatable bonds is 2. The summed E-state index contributed by atoms with van der Waals surface area (Å²) in [6.45, 7) is 1.81. The summed E-state index contributed by atoms with van der Waals surface area (Å²) < 4.78 is 20.8. The second kappa shape index (κ2) is 4.03. The summed E-state index contributed by atoms with van der Waals surface area (Å²) in [5.41, 5.74) is 1.60. The van der Waals surface area contributed by atoms with E-state index in [0.29, 0.717) is 5.02 Å². The Morgan fingerprint density at radius 2 is 2.25 bits per heavy atom. The Morgan fingerprint density at radius 3 is 2.83 bits per heavy atom. The molecular weight excluding hydrogens is 196 g/mol. The summed E-state index contributed by atoms with van der Waals surface area (Å²) in [4.78, 5) is 0. The molecule has 1 aromatic rings. The van der Waals surface area contributed by atoms with E-state index in [2.05, 4.69) is 0 Å². The smallest absolute Gasteiger partial charge is 0.0438 e. The van der Waals surface area contributed by atoms with Gasteiger partial charge in [-0.3, -0.25) is 4.21 Å². The van der Waals surface area contributed by atoms with Gasteiger partial charge in [0.25, 0.3) is 0 Å². The van der Waals surface area contributed by atoms with Gasteiger partial charge in [0.15, 0.2) is 0 Å². The van der Waals surface area contributed by atoms with Crippen LogP contribution in [0.4, 0.5) is 0 Å². The van der Waals surface area contributed by atoms with Gasteiger partial charge < -0.3 is 4.55 Å². The van der Waals surface area contributed by atoms with E-state index in [1.165, 1.54) is 0 Å². The third-order valence-corrected chi connectivity index (χ3v) is 2.61. The lowest BCUT2D eigenvalue weighted by Crippen LogP contribution is -1.96. The SMILES string of the molecule is Cc1c(Cl)cccc1CS(=O)[O-]. The van der Waals surface area contributed by atoms with Crippen molar-refractivity contribution in [1.29, 1.82) is 0 Å². The quantitative estimate of drug-likeness (QED) is 0.690. The minimum atomic E-state index is -2.04. The second-order valence-corrected chi connectivity index (χ2v) is 3.78. The van der Waals surface area contributed by atoms with Crippen LogP contribution in [0.1, 0.15) is 11.1 Å². The van der Waals surface area contributed by atoms with Crippen molar-refractivity contribution >= 4 is 22.7 Å². The van der Waals surface area contributed by atoms with Crippen LogP contribution in [0.25, 0.3) is 0 Å². The summed E-state index contributed by atoms with van der Waals surface area (Å²) >= 11 is 3.75. The Balaban J connectivity index is 3.00. The van der Waals surface area contributed by atoms with Crippen molar-refractivity contribution in [2.45, 2.75) is 12.7 Å². The van der Waals surface area contributed by atoms with Gasteiger partial charge in [0.2, 0.25) is 0 Å². The van der Waals surface area contributed by atoms with Crippen molar-refractivity contribution < 1.29 is 8.76 Å². The molecule has 1 unspecified atom stereocenters. The molecule has 0 radical (unpaired) electrons. The van der Waals surface area contributed by atoms with Crippen molar-refractivity contribution in [3.8, 4) is 0 Å². The fourth-order valence-electron chi connectivity index (χ4n) is 0.935. The van der Waals surface area contributed by atoms with Crippen LogP contribution in [0.3, 0.4) is 0 Å². The zero-order chi connectivity index (χ0) is 9.14. The van der Waals surface area contributed by atoms with Gasteiger partial charge in [-0.1, -0.05) is 34.8 Å². The Labute approximate surface area is 78.8 Å². The van der Waals surface area contributed by atoms with Crippen LogP contribution in [0.5, 0.6) is 0 Å². The zero-order valence-corrected chi connectivity index (χ0v) is 8.11. The second-order valence-electron chi connectivity index (χ2n) is 2.47. The molecule has 0 bridgehead atoms. The van der Waals surface area contributed by atoms with E-state index in [4.69, 9.17) is 11.6 Å². The Bertz CT molecular complexity index is 312. The van der Waals surface area contributed by atoms with Crippen molar-refractivity contribution in [3.05, 3.63) is 34.3 Å². The van der Waals surface area contributed by atoms with Crippen molar-refractivity contribution in [2.75, 3.05) is 0 Å². The monoisotopic (exact) mass is 203 g/mol. The maximum absolute atomic E-state index is 10.4. The highest BCUT2D eigenvalue weighted by Gasteiger charge is 2.00. The third-order valence-electron chi connectivity index (χ3n) is 1.65.